The summed E-state index contributed by atoms with van der Waals surface area (Å²) in [5.41, 5.74) is 5.77. The summed E-state index contributed by atoms with van der Waals surface area (Å²) in [6.07, 6.45) is 1.77. The molecule has 0 spiro atoms. The van der Waals surface area contributed by atoms with E-state index in [1.807, 2.05) is 28.3 Å². The van der Waals surface area contributed by atoms with E-state index in [0.29, 0.717) is 26.2 Å². The van der Waals surface area contributed by atoms with Gasteiger partial charge >= 0.3 is 0 Å². The number of hydrogen-bond donors (Lipinski definition) is 1. The largest absolute Gasteiger partial charge is 0.333 e. The SMILES string of the molecule is C=CCN(Cc1cccs1)C(=O)CN(C)CC(C)(C)CN. The molecule has 1 aromatic heterocycles. The van der Waals surface area contributed by atoms with Gasteiger partial charge < -0.3 is 10.6 Å². The molecule has 0 aliphatic rings. The first-order valence-corrected chi connectivity index (χ1v) is 8.05. The molecule has 0 bridgehead atoms. The molecule has 4 nitrogen and oxygen atoms in total. The van der Waals surface area contributed by atoms with E-state index in [0.717, 1.165) is 6.54 Å². The molecule has 1 amide bonds. The van der Waals surface area contributed by atoms with Gasteiger partial charge in [-0.1, -0.05) is 26.0 Å². The molecule has 0 radical (unpaired) electrons. The predicted octanol–water partition coefficient (Wildman–Crippen LogP) is 2.18. The molecule has 0 saturated heterocycles. The van der Waals surface area contributed by atoms with Crippen molar-refractivity contribution in [3.63, 3.8) is 0 Å². The number of nitrogens with zero attached hydrogens (tertiary/aromatic N) is 2. The van der Waals surface area contributed by atoms with Crippen LogP contribution < -0.4 is 5.73 Å². The fourth-order valence-corrected chi connectivity index (χ4v) is 2.90. The lowest BCUT2D eigenvalue weighted by Gasteiger charge is -2.30. The number of amides is 1. The van der Waals surface area contributed by atoms with E-state index >= 15 is 0 Å². The van der Waals surface area contributed by atoms with Gasteiger partial charge in [-0.2, -0.15) is 0 Å². The molecule has 0 aliphatic carbocycles. The van der Waals surface area contributed by atoms with E-state index in [9.17, 15) is 4.79 Å². The Morgan fingerprint density at radius 2 is 2.24 bits per heavy atom. The molecule has 0 unspecified atom stereocenters. The summed E-state index contributed by atoms with van der Waals surface area (Å²) in [6.45, 7) is 11.0. The second-order valence-electron chi connectivity index (χ2n) is 6.18. The van der Waals surface area contributed by atoms with E-state index in [1.54, 1.807) is 17.4 Å². The van der Waals surface area contributed by atoms with E-state index in [-0.39, 0.29) is 11.3 Å². The van der Waals surface area contributed by atoms with Gasteiger partial charge in [-0.25, -0.2) is 0 Å². The van der Waals surface area contributed by atoms with Crippen LogP contribution in [-0.2, 0) is 11.3 Å². The zero-order chi connectivity index (χ0) is 15.9. The van der Waals surface area contributed by atoms with Crippen LogP contribution in [0.2, 0.25) is 0 Å². The molecule has 0 saturated carbocycles. The van der Waals surface area contributed by atoms with Crippen molar-refractivity contribution in [2.24, 2.45) is 11.1 Å². The van der Waals surface area contributed by atoms with Crippen molar-refractivity contribution in [1.82, 2.24) is 9.80 Å². The molecule has 0 fully saturated rings. The van der Waals surface area contributed by atoms with Gasteiger partial charge in [-0.3, -0.25) is 9.69 Å². The van der Waals surface area contributed by atoms with Gasteiger partial charge in [0, 0.05) is 18.0 Å². The van der Waals surface area contributed by atoms with Crippen LogP contribution in [-0.4, -0.2) is 48.9 Å². The molecular weight excluding hydrogens is 282 g/mol. The Balaban J connectivity index is 2.58. The Morgan fingerprint density at radius 1 is 1.52 bits per heavy atom. The van der Waals surface area contributed by atoms with Crippen molar-refractivity contribution in [3.05, 3.63) is 35.0 Å². The first kappa shape index (κ1) is 17.9. The van der Waals surface area contributed by atoms with Crippen LogP contribution in [0.25, 0.3) is 0 Å². The standard InChI is InChI=1S/C16H27N3OS/c1-5-8-19(10-14-7-6-9-21-14)15(20)11-18(4)13-16(2,3)12-17/h5-7,9H,1,8,10-13,17H2,2-4H3. The van der Waals surface area contributed by atoms with Crippen molar-refractivity contribution < 1.29 is 4.79 Å². The molecule has 5 heteroatoms. The third-order valence-corrected chi connectivity index (χ3v) is 4.15. The highest BCUT2D eigenvalue weighted by Gasteiger charge is 2.21. The van der Waals surface area contributed by atoms with Gasteiger partial charge in [0.2, 0.25) is 5.91 Å². The lowest BCUT2D eigenvalue weighted by atomic mass is 9.93. The fraction of sp³-hybridized carbons (Fsp3) is 0.562. The number of likely N-dealkylation sites (N-methyl/N-ethyl adjacent to an activating group) is 1. The number of rotatable bonds is 9. The average molecular weight is 309 g/mol. The summed E-state index contributed by atoms with van der Waals surface area (Å²) in [6, 6.07) is 4.06. The van der Waals surface area contributed by atoms with E-state index < -0.39 is 0 Å². The topological polar surface area (TPSA) is 49.6 Å². The molecule has 0 atom stereocenters. The van der Waals surface area contributed by atoms with Gasteiger partial charge in [0.1, 0.15) is 0 Å². The third kappa shape index (κ3) is 6.42. The number of carbonyl (C=O) groups excluding carboxylic acids is 1. The third-order valence-electron chi connectivity index (χ3n) is 3.28. The Kier molecular flexibility index (Phi) is 7.08. The molecule has 0 aliphatic heterocycles. The lowest BCUT2D eigenvalue weighted by molar-refractivity contribution is -0.132. The number of nitrogens with two attached hydrogens (primary N) is 1. The van der Waals surface area contributed by atoms with Crippen molar-refractivity contribution in [2.75, 3.05) is 33.2 Å². The van der Waals surface area contributed by atoms with Crippen LogP contribution in [0.1, 0.15) is 18.7 Å². The van der Waals surface area contributed by atoms with Gasteiger partial charge in [-0.05, 0) is 30.5 Å². The van der Waals surface area contributed by atoms with Gasteiger partial charge in [0.25, 0.3) is 0 Å². The zero-order valence-corrected chi connectivity index (χ0v) is 14.2. The van der Waals surface area contributed by atoms with Crippen LogP contribution in [0.5, 0.6) is 0 Å². The molecule has 1 heterocycles. The van der Waals surface area contributed by atoms with Gasteiger partial charge in [0.15, 0.2) is 0 Å². The van der Waals surface area contributed by atoms with Gasteiger partial charge in [0.05, 0.1) is 13.1 Å². The highest BCUT2D eigenvalue weighted by Crippen LogP contribution is 2.15. The zero-order valence-electron chi connectivity index (χ0n) is 13.3. The Bertz CT molecular complexity index is 442. The summed E-state index contributed by atoms with van der Waals surface area (Å²) >= 11 is 1.67. The summed E-state index contributed by atoms with van der Waals surface area (Å²) in [4.78, 5) is 17.5. The minimum Gasteiger partial charge on any atom is -0.333 e. The summed E-state index contributed by atoms with van der Waals surface area (Å²) in [7, 11) is 1.96. The number of carbonyl (C=O) groups is 1. The summed E-state index contributed by atoms with van der Waals surface area (Å²) < 4.78 is 0. The van der Waals surface area contributed by atoms with Crippen LogP contribution in [0.3, 0.4) is 0 Å². The molecule has 2 N–H and O–H groups in total. The Hall–Kier alpha value is -1.17. The van der Waals surface area contributed by atoms with Gasteiger partial charge in [-0.15, -0.1) is 17.9 Å². The average Bonchev–Trinajstić information content (AvgIpc) is 2.90. The second kappa shape index (κ2) is 8.32. The van der Waals surface area contributed by atoms with E-state index in [2.05, 4.69) is 26.5 Å². The van der Waals surface area contributed by atoms with Crippen molar-refractivity contribution >= 4 is 17.2 Å². The van der Waals surface area contributed by atoms with Crippen LogP contribution in [0.15, 0.2) is 30.2 Å². The number of thiophene rings is 1. The highest BCUT2D eigenvalue weighted by molar-refractivity contribution is 7.09. The first-order chi connectivity index (χ1) is 9.88. The fourth-order valence-electron chi connectivity index (χ4n) is 2.18. The quantitative estimate of drug-likeness (QED) is 0.711. The Labute approximate surface area is 132 Å². The molecule has 21 heavy (non-hydrogen) atoms. The van der Waals surface area contributed by atoms with Crippen LogP contribution in [0, 0.1) is 5.41 Å². The van der Waals surface area contributed by atoms with E-state index in [1.165, 1.54) is 4.88 Å². The minimum absolute atomic E-state index is 0.0199. The normalized spacial score (nSPS) is 11.7. The second-order valence-corrected chi connectivity index (χ2v) is 7.22. The lowest BCUT2D eigenvalue weighted by Crippen LogP contribution is -2.43. The first-order valence-electron chi connectivity index (χ1n) is 7.17. The van der Waals surface area contributed by atoms with Crippen molar-refractivity contribution in [1.29, 1.82) is 0 Å². The van der Waals surface area contributed by atoms with E-state index in [4.69, 9.17) is 5.73 Å². The molecule has 1 aromatic rings. The number of hydrogen-bond acceptors (Lipinski definition) is 4. The maximum Gasteiger partial charge on any atom is 0.237 e. The molecule has 0 aromatic carbocycles. The smallest absolute Gasteiger partial charge is 0.237 e. The maximum absolute atomic E-state index is 12.5. The van der Waals surface area contributed by atoms with Crippen LogP contribution in [0.4, 0.5) is 0 Å². The highest BCUT2D eigenvalue weighted by atomic mass is 32.1. The maximum atomic E-state index is 12.5. The summed E-state index contributed by atoms with van der Waals surface area (Å²) in [5.74, 6) is 0.124. The van der Waals surface area contributed by atoms with Crippen LogP contribution >= 0.6 is 11.3 Å². The molecule has 118 valence electrons. The molecular formula is C16H27N3OS. The minimum atomic E-state index is 0.0199. The van der Waals surface area contributed by atoms with Crippen molar-refractivity contribution in [2.45, 2.75) is 20.4 Å². The monoisotopic (exact) mass is 309 g/mol. The molecule has 1 rings (SSSR count). The summed E-state index contributed by atoms with van der Waals surface area (Å²) in [5, 5.41) is 2.03. The Morgan fingerprint density at radius 3 is 2.76 bits per heavy atom. The van der Waals surface area contributed by atoms with Crippen molar-refractivity contribution in [3.8, 4) is 0 Å². The predicted molar refractivity (Wildman–Crippen MR) is 90.3 cm³/mol.